The predicted molar refractivity (Wildman–Crippen MR) is 250 cm³/mol. The van der Waals surface area contributed by atoms with Crippen molar-refractivity contribution in [3.05, 3.63) is 90.4 Å². The first-order valence-electron chi connectivity index (χ1n) is 23.1. The Morgan fingerprint density at radius 3 is 2.23 bits per heavy atom. The standard InChI is InChI=1S/C49H60N12O5/c1-49(2,3)43(47(66)60-28-36(62)21-41(60)46(65)51-23-29-9-11-31(12-10-29)39-19-20-54-58(39)4)55-45(64)32-15-13-30(14-16-32)33-24-52-48(53-25-33)61-34-17-18-35(61)27-59(26-34)40-22-38(56-57-44(40)50)37-7-5-6-8-42(37)63/h5-12,19-20,22,24-25,30,32,34-36,41,43,62-63H,13-18,21,23,26-28H2,1-4H3,(H2,50,57)(H,51,65)(H,55,64)/t30?,32?,34?,35?,36-,41+,43-/m1/s1. The highest BCUT2D eigenvalue weighted by molar-refractivity contribution is 5.93. The van der Waals surface area contributed by atoms with E-state index in [4.69, 9.17) is 15.7 Å². The lowest BCUT2D eigenvalue weighted by Crippen LogP contribution is -2.58. The van der Waals surface area contributed by atoms with Crippen molar-refractivity contribution >= 4 is 35.2 Å². The molecule has 346 valence electrons. The third-order valence-electron chi connectivity index (χ3n) is 14.1. The molecule has 2 bridgehead atoms. The van der Waals surface area contributed by atoms with Crippen LogP contribution in [0.5, 0.6) is 5.75 Å². The van der Waals surface area contributed by atoms with E-state index in [0.29, 0.717) is 35.9 Å². The van der Waals surface area contributed by atoms with Crippen molar-refractivity contribution < 1.29 is 24.6 Å². The molecule has 6 heterocycles. The molecule has 5 atom stereocenters. The first-order chi connectivity index (χ1) is 31.7. The number of nitrogens with one attached hydrogen (secondary N) is 2. The second-order valence-corrected chi connectivity index (χ2v) is 19.5. The van der Waals surface area contributed by atoms with Gasteiger partial charge < -0.3 is 41.3 Å². The molecule has 1 aliphatic carbocycles. The lowest BCUT2D eigenvalue weighted by Gasteiger charge is -2.42. The van der Waals surface area contributed by atoms with E-state index in [0.717, 1.165) is 66.8 Å². The number of carbonyl (C=O) groups is 3. The zero-order valence-electron chi connectivity index (χ0n) is 38.0. The molecule has 1 saturated carbocycles. The van der Waals surface area contributed by atoms with Crippen LogP contribution < -0.4 is 26.2 Å². The summed E-state index contributed by atoms with van der Waals surface area (Å²) in [6.45, 7) is 7.45. The van der Waals surface area contributed by atoms with Crippen LogP contribution in [0, 0.1) is 11.3 Å². The molecule has 3 saturated heterocycles. The second-order valence-electron chi connectivity index (χ2n) is 19.5. The number of anilines is 3. The number of aromatic hydroxyl groups is 1. The number of likely N-dealkylation sites (tertiary alicyclic amines) is 1. The summed E-state index contributed by atoms with van der Waals surface area (Å²) in [5, 5.41) is 39.9. The highest BCUT2D eigenvalue weighted by Gasteiger charge is 2.46. The van der Waals surface area contributed by atoms with E-state index in [1.165, 1.54) is 4.90 Å². The first-order valence-corrected chi connectivity index (χ1v) is 23.1. The fraction of sp³-hybridized carbons (Fsp3) is 0.469. The van der Waals surface area contributed by atoms with Gasteiger partial charge in [-0.05, 0) is 90.8 Å². The van der Waals surface area contributed by atoms with Crippen molar-refractivity contribution in [2.24, 2.45) is 18.4 Å². The van der Waals surface area contributed by atoms with Crippen molar-refractivity contribution in [1.29, 1.82) is 0 Å². The van der Waals surface area contributed by atoms with Gasteiger partial charge in [0.05, 0.1) is 23.2 Å². The number of hydrogen-bond acceptors (Lipinski definition) is 13. The first kappa shape index (κ1) is 44.6. The average molecular weight is 897 g/mol. The Labute approximate surface area is 384 Å². The predicted octanol–water partition coefficient (Wildman–Crippen LogP) is 4.56. The third-order valence-corrected chi connectivity index (χ3v) is 14.1. The molecule has 0 spiro atoms. The SMILES string of the molecule is Cn1nccc1-c1ccc(CNC(=O)[C@@H]2C[C@@H](O)CN2C(=O)[C@@H](NC(=O)C2CCC(c3cnc(N4C5CCC4CN(c4cc(-c6ccccc6O)nnc4N)C5)nc3)CC2)C(C)(C)C)cc1. The van der Waals surface area contributed by atoms with Gasteiger partial charge in [-0.2, -0.15) is 5.10 Å². The Hall–Kier alpha value is -6.62. The number of aliphatic hydroxyl groups is 1. The van der Waals surface area contributed by atoms with E-state index in [2.05, 4.69) is 35.7 Å². The molecule has 2 aromatic carbocycles. The number of nitrogen functional groups attached to an aromatic ring is 1. The van der Waals surface area contributed by atoms with E-state index < -0.39 is 23.6 Å². The molecule has 9 rings (SSSR count). The molecular formula is C49H60N12O5. The molecule has 4 fully saturated rings. The minimum Gasteiger partial charge on any atom is -0.507 e. The summed E-state index contributed by atoms with van der Waals surface area (Å²) in [5.74, 6) is 0.267. The fourth-order valence-corrected chi connectivity index (χ4v) is 10.4. The number of nitrogens with zero attached hydrogens (tertiary/aromatic N) is 9. The molecule has 3 aliphatic heterocycles. The average Bonchev–Trinajstić information content (AvgIpc) is 4.01. The summed E-state index contributed by atoms with van der Waals surface area (Å²) in [5.41, 5.74) is 11.6. The summed E-state index contributed by atoms with van der Waals surface area (Å²) in [4.78, 5) is 57.6. The number of aromatic nitrogens is 6. The lowest BCUT2D eigenvalue weighted by molar-refractivity contribution is -0.144. The minimum atomic E-state index is -0.888. The number of nitrogens with two attached hydrogens (primary N) is 1. The zero-order valence-corrected chi connectivity index (χ0v) is 38.0. The summed E-state index contributed by atoms with van der Waals surface area (Å²) in [7, 11) is 1.88. The minimum absolute atomic E-state index is 0.0173. The number of para-hydroxylation sites is 1. The van der Waals surface area contributed by atoms with Gasteiger partial charge >= 0.3 is 0 Å². The maximum atomic E-state index is 14.3. The van der Waals surface area contributed by atoms with Crippen LogP contribution in [-0.4, -0.2) is 113 Å². The van der Waals surface area contributed by atoms with Crippen LogP contribution in [0.25, 0.3) is 22.5 Å². The molecule has 17 heteroatoms. The molecule has 17 nitrogen and oxygen atoms in total. The maximum absolute atomic E-state index is 14.3. The Balaban J connectivity index is 0.781. The molecule has 4 aliphatic rings. The van der Waals surface area contributed by atoms with Gasteiger partial charge in [0.15, 0.2) is 5.82 Å². The number of aliphatic hydroxyl groups excluding tert-OH is 1. The largest absolute Gasteiger partial charge is 0.507 e. The number of amides is 3. The van der Waals surface area contributed by atoms with Crippen molar-refractivity contribution in [3.63, 3.8) is 0 Å². The van der Waals surface area contributed by atoms with Crippen LogP contribution >= 0.6 is 0 Å². The zero-order chi connectivity index (χ0) is 46.3. The summed E-state index contributed by atoms with van der Waals surface area (Å²) in [6, 6.07) is 17.4. The van der Waals surface area contributed by atoms with Crippen LogP contribution in [0.15, 0.2) is 79.3 Å². The van der Waals surface area contributed by atoms with Crippen LogP contribution in [0.2, 0.25) is 0 Å². The van der Waals surface area contributed by atoms with Crippen molar-refractivity contribution in [2.75, 3.05) is 35.2 Å². The van der Waals surface area contributed by atoms with Crippen LogP contribution in [0.4, 0.5) is 17.5 Å². The van der Waals surface area contributed by atoms with E-state index >= 15 is 0 Å². The number of piperazine rings is 1. The monoisotopic (exact) mass is 896 g/mol. The Kier molecular flexibility index (Phi) is 12.4. The van der Waals surface area contributed by atoms with Crippen LogP contribution in [0.3, 0.4) is 0 Å². The Morgan fingerprint density at radius 1 is 0.879 bits per heavy atom. The maximum Gasteiger partial charge on any atom is 0.246 e. The van der Waals surface area contributed by atoms with Crippen LogP contribution in [0.1, 0.15) is 82.8 Å². The number of phenols is 1. The fourth-order valence-electron chi connectivity index (χ4n) is 10.4. The second kappa shape index (κ2) is 18.3. The number of rotatable bonds is 11. The van der Waals surface area contributed by atoms with Crippen LogP contribution in [-0.2, 0) is 28.0 Å². The van der Waals surface area contributed by atoms with Gasteiger partial charge in [-0.1, -0.05) is 57.2 Å². The van der Waals surface area contributed by atoms with Gasteiger partial charge in [0.2, 0.25) is 23.7 Å². The topological polar surface area (TPSA) is 221 Å². The van der Waals surface area contributed by atoms with Gasteiger partial charge in [-0.3, -0.25) is 19.1 Å². The number of phenolic OH excluding ortho intramolecular Hbond substituents is 1. The molecular weight excluding hydrogens is 837 g/mol. The van der Waals surface area contributed by atoms with E-state index in [1.807, 2.05) is 88.7 Å². The molecule has 5 aromatic rings. The number of fused-ring (bicyclic) bond motifs is 2. The third kappa shape index (κ3) is 9.13. The Bertz CT molecular complexity index is 2540. The van der Waals surface area contributed by atoms with Gasteiger partial charge in [0, 0.05) is 81.8 Å². The molecule has 3 amide bonds. The smallest absolute Gasteiger partial charge is 0.246 e. The number of aryl methyl sites for hydroxylation is 1. The molecule has 3 aromatic heterocycles. The quantitative estimate of drug-likeness (QED) is 0.123. The molecule has 2 unspecified atom stereocenters. The number of β-amino-alcohol motifs (C(OH)–C–C–N with tert-alkyl or cyclic N) is 1. The molecule has 6 N–H and O–H groups in total. The normalized spacial score (nSPS) is 23.4. The summed E-state index contributed by atoms with van der Waals surface area (Å²) >= 11 is 0. The van der Waals surface area contributed by atoms with E-state index in [9.17, 15) is 24.6 Å². The summed E-state index contributed by atoms with van der Waals surface area (Å²) in [6.07, 6.45) is 9.79. The molecule has 66 heavy (non-hydrogen) atoms. The highest BCUT2D eigenvalue weighted by atomic mass is 16.3. The molecule has 0 radical (unpaired) electrons. The number of carbonyl (C=O) groups excluding carboxylic acids is 3. The summed E-state index contributed by atoms with van der Waals surface area (Å²) < 4.78 is 1.80. The van der Waals surface area contributed by atoms with Crippen molar-refractivity contribution in [3.8, 4) is 28.3 Å². The van der Waals surface area contributed by atoms with Gasteiger partial charge in [-0.25, -0.2) is 9.97 Å². The van der Waals surface area contributed by atoms with Crippen molar-refractivity contribution in [1.82, 2.24) is 45.5 Å². The van der Waals surface area contributed by atoms with E-state index in [-0.39, 0.29) is 66.9 Å². The van der Waals surface area contributed by atoms with Gasteiger partial charge in [0.1, 0.15) is 17.8 Å². The highest BCUT2D eigenvalue weighted by Crippen LogP contribution is 2.40. The van der Waals surface area contributed by atoms with E-state index in [1.54, 1.807) is 23.0 Å². The lowest BCUT2D eigenvalue weighted by atomic mass is 9.78. The van der Waals surface area contributed by atoms with Gasteiger partial charge in [0.25, 0.3) is 0 Å². The Morgan fingerprint density at radius 2 is 1.58 bits per heavy atom. The number of benzene rings is 2. The van der Waals surface area contributed by atoms with Crippen molar-refractivity contribution in [2.45, 2.75) is 108 Å². The number of hydrogen-bond donors (Lipinski definition) is 5. The van der Waals surface area contributed by atoms with Gasteiger partial charge in [-0.15, -0.1) is 10.2 Å².